The van der Waals surface area contributed by atoms with Crippen LogP contribution in [0, 0.1) is 0 Å². The molecule has 0 bridgehead atoms. The molecule has 0 unspecified atom stereocenters. The average Bonchev–Trinajstić information content (AvgIpc) is 3.76. The number of fused-ring (bicyclic) bond motifs is 8. The molecular weight excluding hydrogens is 799 g/mol. The molecule has 2 heteroatoms. The van der Waals surface area contributed by atoms with E-state index in [-0.39, 0.29) is 0 Å². The Bertz CT molecular complexity index is 3990. The van der Waals surface area contributed by atoms with E-state index in [9.17, 15) is 0 Å². The molecule has 0 saturated heterocycles. The molecule has 66 heavy (non-hydrogen) atoms. The Morgan fingerprint density at radius 2 is 0.803 bits per heavy atom. The largest absolute Gasteiger partial charge is 0.456 e. The summed E-state index contributed by atoms with van der Waals surface area (Å²) in [6, 6.07) is 90.3. The Balaban J connectivity index is 0.955. The molecule has 0 saturated carbocycles. The van der Waals surface area contributed by atoms with Gasteiger partial charge in [0.15, 0.2) is 0 Å². The minimum atomic E-state index is 0.876. The van der Waals surface area contributed by atoms with Crippen LogP contribution in [0.15, 0.2) is 253 Å². The third kappa shape index (κ3) is 6.34. The van der Waals surface area contributed by atoms with Crippen molar-refractivity contribution < 1.29 is 4.42 Å². The van der Waals surface area contributed by atoms with E-state index >= 15 is 0 Å². The van der Waals surface area contributed by atoms with E-state index < -0.39 is 0 Å². The molecule has 0 aliphatic carbocycles. The second-order valence-corrected chi connectivity index (χ2v) is 17.2. The van der Waals surface area contributed by atoms with Crippen LogP contribution < -0.4 is 4.90 Å². The van der Waals surface area contributed by atoms with Gasteiger partial charge in [-0.2, -0.15) is 0 Å². The van der Waals surface area contributed by atoms with Crippen LogP contribution in [0.25, 0.3) is 110 Å². The van der Waals surface area contributed by atoms with Crippen LogP contribution in [-0.4, -0.2) is 0 Å². The van der Waals surface area contributed by atoms with E-state index in [4.69, 9.17) is 4.42 Å². The Morgan fingerprint density at radius 1 is 0.258 bits per heavy atom. The van der Waals surface area contributed by atoms with Gasteiger partial charge in [-0.1, -0.05) is 194 Å². The zero-order chi connectivity index (χ0) is 43.6. The van der Waals surface area contributed by atoms with Crippen LogP contribution >= 0.6 is 0 Å². The molecule has 0 atom stereocenters. The van der Waals surface area contributed by atoms with Crippen LogP contribution in [0.3, 0.4) is 0 Å². The third-order valence-corrected chi connectivity index (χ3v) is 13.4. The number of para-hydroxylation sites is 1. The maximum Gasteiger partial charge on any atom is 0.136 e. The Labute approximate surface area is 382 Å². The molecule has 2 nitrogen and oxygen atoms in total. The standard InChI is InChI=1S/C64H41NO/c1-2-16-48-41-63-60(40-47(48)15-1)64-59(26-12-28-62(64)66-63)58-22-7-8-27-61(58)65(51-36-31-45(32-37-51)54-24-11-25-56-53-21-6-4-14-44(53)33-38-57(54)56)50-34-29-42(30-35-50)46-18-9-19-49(39-46)55-23-10-17-43-13-3-5-20-52(43)55/h1-41H. The molecule has 0 amide bonds. The molecule has 0 spiro atoms. The van der Waals surface area contributed by atoms with Crippen molar-refractivity contribution in [3.63, 3.8) is 0 Å². The summed E-state index contributed by atoms with van der Waals surface area (Å²) >= 11 is 0. The van der Waals surface area contributed by atoms with Crippen LogP contribution in [0.4, 0.5) is 17.1 Å². The van der Waals surface area contributed by atoms with Crippen molar-refractivity contribution in [2.75, 3.05) is 4.90 Å². The lowest BCUT2D eigenvalue weighted by atomic mass is 9.94. The number of hydrogen-bond acceptors (Lipinski definition) is 2. The predicted molar refractivity (Wildman–Crippen MR) is 280 cm³/mol. The maximum absolute atomic E-state index is 6.60. The van der Waals surface area contributed by atoms with Gasteiger partial charge in [0.05, 0.1) is 5.69 Å². The van der Waals surface area contributed by atoms with E-state index in [2.05, 4.69) is 254 Å². The molecular formula is C64H41NO. The van der Waals surface area contributed by atoms with E-state index in [0.717, 1.165) is 55.7 Å². The van der Waals surface area contributed by atoms with Gasteiger partial charge >= 0.3 is 0 Å². The fourth-order valence-electron chi connectivity index (χ4n) is 10.3. The zero-order valence-electron chi connectivity index (χ0n) is 36.0. The van der Waals surface area contributed by atoms with Gasteiger partial charge in [-0.3, -0.25) is 0 Å². The number of rotatable bonds is 7. The highest BCUT2D eigenvalue weighted by atomic mass is 16.3. The topological polar surface area (TPSA) is 16.4 Å². The fourth-order valence-corrected chi connectivity index (χ4v) is 10.3. The first kappa shape index (κ1) is 37.8. The molecule has 1 aromatic heterocycles. The van der Waals surface area contributed by atoms with Crippen molar-refractivity contribution in [1.82, 2.24) is 0 Å². The van der Waals surface area contributed by atoms with Gasteiger partial charge < -0.3 is 9.32 Å². The highest BCUT2D eigenvalue weighted by Crippen LogP contribution is 2.46. The van der Waals surface area contributed by atoms with Crippen molar-refractivity contribution >= 4 is 82.1 Å². The molecule has 0 aliphatic heterocycles. The van der Waals surface area contributed by atoms with Gasteiger partial charge in [0.2, 0.25) is 0 Å². The van der Waals surface area contributed by atoms with Crippen LogP contribution in [0.5, 0.6) is 0 Å². The molecule has 12 aromatic carbocycles. The van der Waals surface area contributed by atoms with E-state index in [1.807, 2.05) is 0 Å². The number of nitrogens with zero attached hydrogens (tertiary/aromatic N) is 1. The van der Waals surface area contributed by atoms with E-state index in [1.165, 1.54) is 70.9 Å². The molecule has 0 radical (unpaired) electrons. The summed E-state index contributed by atoms with van der Waals surface area (Å²) in [5, 5.41) is 12.1. The molecule has 308 valence electrons. The monoisotopic (exact) mass is 839 g/mol. The molecule has 13 aromatic rings. The van der Waals surface area contributed by atoms with Crippen molar-refractivity contribution in [2.24, 2.45) is 0 Å². The lowest BCUT2D eigenvalue weighted by Gasteiger charge is -2.28. The van der Waals surface area contributed by atoms with Gasteiger partial charge in [-0.15, -0.1) is 0 Å². The highest BCUT2D eigenvalue weighted by molar-refractivity contribution is 6.17. The quantitative estimate of drug-likeness (QED) is 0.149. The summed E-state index contributed by atoms with van der Waals surface area (Å²) in [4.78, 5) is 2.41. The van der Waals surface area contributed by atoms with Crippen molar-refractivity contribution in [3.05, 3.63) is 249 Å². The number of hydrogen-bond donors (Lipinski definition) is 0. The zero-order valence-corrected chi connectivity index (χ0v) is 36.0. The first-order valence-electron chi connectivity index (χ1n) is 22.7. The predicted octanol–water partition coefficient (Wildman–Crippen LogP) is 18.3. The van der Waals surface area contributed by atoms with Crippen molar-refractivity contribution in [2.45, 2.75) is 0 Å². The molecule has 0 N–H and O–H groups in total. The maximum atomic E-state index is 6.60. The van der Waals surface area contributed by atoms with Gasteiger partial charge in [0.1, 0.15) is 11.2 Å². The minimum Gasteiger partial charge on any atom is -0.456 e. The Morgan fingerprint density at radius 3 is 1.61 bits per heavy atom. The van der Waals surface area contributed by atoms with Crippen LogP contribution in [-0.2, 0) is 0 Å². The average molecular weight is 840 g/mol. The van der Waals surface area contributed by atoms with Crippen molar-refractivity contribution in [3.8, 4) is 44.5 Å². The third-order valence-electron chi connectivity index (χ3n) is 13.4. The van der Waals surface area contributed by atoms with Gasteiger partial charge in [-0.05, 0) is 137 Å². The van der Waals surface area contributed by atoms with Crippen LogP contribution in [0.1, 0.15) is 0 Å². The SMILES string of the molecule is c1cc(-c2ccc(N(c3ccc(-c4cccc5c4ccc4ccccc45)cc3)c3ccccc3-c3cccc4oc5cc6ccccc6cc5c34)cc2)cc(-c2cccc3ccccc23)c1. The van der Waals surface area contributed by atoms with Gasteiger partial charge in [-0.25, -0.2) is 0 Å². The second-order valence-electron chi connectivity index (χ2n) is 17.2. The normalized spacial score (nSPS) is 11.6. The summed E-state index contributed by atoms with van der Waals surface area (Å²) in [6.07, 6.45) is 0. The minimum absolute atomic E-state index is 0.876. The summed E-state index contributed by atoms with van der Waals surface area (Å²) in [5.41, 5.74) is 14.4. The Hall–Kier alpha value is -8.72. The lowest BCUT2D eigenvalue weighted by molar-refractivity contribution is 0.669. The molecule has 13 rings (SSSR count). The molecule has 0 fully saturated rings. The summed E-state index contributed by atoms with van der Waals surface area (Å²) in [6.45, 7) is 0. The first-order valence-corrected chi connectivity index (χ1v) is 22.7. The van der Waals surface area contributed by atoms with E-state index in [1.54, 1.807) is 0 Å². The molecule has 0 aliphatic rings. The second kappa shape index (κ2) is 15.5. The smallest absolute Gasteiger partial charge is 0.136 e. The summed E-state index contributed by atoms with van der Waals surface area (Å²) in [7, 11) is 0. The van der Waals surface area contributed by atoms with Crippen molar-refractivity contribution in [1.29, 1.82) is 0 Å². The number of benzene rings is 12. The first-order chi connectivity index (χ1) is 32.7. The summed E-state index contributed by atoms with van der Waals surface area (Å²) in [5.74, 6) is 0. The lowest BCUT2D eigenvalue weighted by Crippen LogP contribution is -2.11. The highest BCUT2D eigenvalue weighted by Gasteiger charge is 2.21. The number of anilines is 3. The van der Waals surface area contributed by atoms with Crippen LogP contribution in [0.2, 0.25) is 0 Å². The molecule has 1 heterocycles. The van der Waals surface area contributed by atoms with E-state index in [0.29, 0.717) is 0 Å². The number of furan rings is 1. The fraction of sp³-hybridized carbons (Fsp3) is 0. The summed E-state index contributed by atoms with van der Waals surface area (Å²) < 4.78 is 6.60. The van der Waals surface area contributed by atoms with Gasteiger partial charge in [0, 0.05) is 27.7 Å². The Kier molecular flexibility index (Phi) is 8.89. The van der Waals surface area contributed by atoms with Gasteiger partial charge in [0.25, 0.3) is 0 Å².